The van der Waals surface area contributed by atoms with Crippen molar-refractivity contribution in [1.29, 1.82) is 0 Å². The third kappa shape index (κ3) is 9.34. The van der Waals surface area contributed by atoms with Crippen molar-refractivity contribution in [2.75, 3.05) is 13.2 Å². The predicted octanol–water partition coefficient (Wildman–Crippen LogP) is 1.74. The fourth-order valence-corrected chi connectivity index (χ4v) is 1.05. The summed E-state index contributed by atoms with van der Waals surface area (Å²) in [4.78, 5) is 10.9. The van der Waals surface area contributed by atoms with Crippen LogP contribution in [0, 0.1) is 5.92 Å². The molecule has 0 unspecified atom stereocenters. The molecule has 0 aromatic rings. The van der Waals surface area contributed by atoms with Gasteiger partial charge in [0, 0.05) is 6.42 Å². The number of unbranched alkanes of at least 4 members (excludes halogenated alkanes) is 1. The molecule has 78 valence electrons. The maximum absolute atomic E-state index is 10.9. The number of hydrogen-bond donors (Lipinski definition) is 1. The van der Waals surface area contributed by atoms with Crippen LogP contribution in [-0.4, -0.2) is 24.3 Å². The third-order valence-corrected chi connectivity index (χ3v) is 1.77. The van der Waals surface area contributed by atoms with E-state index < -0.39 is 0 Å². The third-order valence-electron chi connectivity index (χ3n) is 1.77. The Hall–Kier alpha value is -0.570. The Morgan fingerprint density at radius 3 is 2.62 bits per heavy atom. The van der Waals surface area contributed by atoms with Gasteiger partial charge in [0.1, 0.15) is 6.61 Å². The molecule has 0 heterocycles. The Morgan fingerprint density at radius 2 is 2.08 bits per heavy atom. The first-order chi connectivity index (χ1) is 6.16. The molecule has 0 aliphatic carbocycles. The van der Waals surface area contributed by atoms with Gasteiger partial charge in [0.2, 0.25) is 0 Å². The zero-order chi connectivity index (χ0) is 10.1. The van der Waals surface area contributed by atoms with E-state index in [1.165, 1.54) is 0 Å². The molecule has 0 amide bonds. The topological polar surface area (TPSA) is 46.5 Å². The van der Waals surface area contributed by atoms with Crippen LogP contribution in [0.25, 0.3) is 0 Å². The van der Waals surface area contributed by atoms with E-state index in [1.54, 1.807) is 0 Å². The second-order valence-corrected chi connectivity index (χ2v) is 3.58. The maximum Gasteiger partial charge on any atom is 0.305 e. The highest BCUT2D eigenvalue weighted by atomic mass is 16.5. The first kappa shape index (κ1) is 12.4. The molecule has 13 heavy (non-hydrogen) atoms. The van der Waals surface area contributed by atoms with Crippen molar-refractivity contribution in [1.82, 2.24) is 0 Å². The van der Waals surface area contributed by atoms with Gasteiger partial charge < -0.3 is 9.84 Å². The lowest BCUT2D eigenvalue weighted by Crippen LogP contribution is -2.08. The van der Waals surface area contributed by atoms with Crippen molar-refractivity contribution in [3.8, 4) is 0 Å². The minimum atomic E-state index is -0.196. The molecule has 0 aliphatic rings. The van der Waals surface area contributed by atoms with E-state index in [1.807, 2.05) is 0 Å². The molecule has 0 bridgehead atoms. The molecule has 0 radical (unpaired) electrons. The van der Waals surface area contributed by atoms with Crippen LogP contribution in [0.2, 0.25) is 0 Å². The van der Waals surface area contributed by atoms with E-state index in [0.29, 0.717) is 12.3 Å². The molecular formula is C10H20O3. The minimum absolute atomic E-state index is 0.0856. The molecule has 0 saturated heterocycles. The smallest absolute Gasteiger partial charge is 0.305 e. The molecule has 0 saturated carbocycles. The van der Waals surface area contributed by atoms with Crippen LogP contribution < -0.4 is 0 Å². The van der Waals surface area contributed by atoms with Gasteiger partial charge in [-0.25, -0.2) is 0 Å². The first-order valence-corrected chi connectivity index (χ1v) is 4.93. The van der Waals surface area contributed by atoms with Crippen LogP contribution >= 0.6 is 0 Å². The average molecular weight is 188 g/mol. The molecule has 0 aliphatic heterocycles. The van der Waals surface area contributed by atoms with Crippen molar-refractivity contribution in [2.45, 2.75) is 39.5 Å². The summed E-state index contributed by atoms with van der Waals surface area (Å²) < 4.78 is 4.71. The highest BCUT2D eigenvalue weighted by molar-refractivity contribution is 5.69. The zero-order valence-electron chi connectivity index (χ0n) is 8.58. The largest absolute Gasteiger partial charge is 0.463 e. The van der Waals surface area contributed by atoms with Gasteiger partial charge in [0.25, 0.3) is 0 Å². The van der Waals surface area contributed by atoms with E-state index in [0.717, 1.165) is 19.3 Å². The number of carbonyl (C=O) groups is 1. The molecule has 0 fully saturated rings. The van der Waals surface area contributed by atoms with E-state index in [-0.39, 0.29) is 19.2 Å². The number of hydrogen-bond acceptors (Lipinski definition) is 3. The SMILES string of the molecule is CC(C)CCCCC(=O)OCCO. The predicted molar refractivity (Wildman–Crippen MR) is 51.4 cm³/mol. The van der Waals surface area contributed by atoms with Gasteiger partial charge >= 0.3 is 5.97 Å². The van der Waals surface area contributed by atoms with Gasteiger partial charge in [-0.15, -0.1) is 0 Å². The second kappa shape index (κ2) is 8.05. The van der Waals surface area contributed by atoms with Crippen LogP contribution in [0.4, 0.5) is 0 Å². The molecule has 1 N–H and O–H groups in total. The van der Waals surface area contributed by atoms with E-state index in [4.69, 9.17) is 9.84 Å². The van der Waals surface area contributed by atoms with Gasteiger partial charge in [0.15, 0.2) is 0 Å². The fraction of sp³-hybridized carbons (Fsp3) is 0.900. The summed E-state index contributed by atoms with van der Waals surface area (Å²) in [5, 5.41) is 8.38. The van der Waals surface area contributed by atoms with Crippen LogP contribution in [-0.2, 0) is 9.53 Å². The molecular weight excluding hydrogens is 168 g/mol. The quantitative estimate of drug-likeness (QED) is 0.489. The lowest BCUT2D eigenvalue weighted by atomic mass is 10.1. The summed E-state index contributed by atoms with van der Waals surface area (Å²) in [6, 6.07) is 0. The minimum Gasteiger partial charge on any atom is -0.463 e. The fourth-order valence-electron chi connectivity index (χ4n) is 1.05. The van der Waals surface area contributed by atoms with E-state index >= 15 is 0 Å². The Morgan fingerprint density at radius 1 is 1.38 bits per heavy atom. The standard InChI is InChI=1S/C10H20O3/c1-9(2)5-3-4-6-10(12)13-8-7-11/h9,11H,3-8H2,1-2H3. The summed E-state index contributed by atoms with van der Waals surface area (Å²) in [6.45, 7) is 4.38. The highest BCUT2D eigenvalue weighted by Crippen LogP contribution is 2.08. The zero-order valence-corrected chi connectivity index (χ0v) is 8.58. The molecule has 0 spiro atoms. The van der Waals surface area contributed by atoms with Gasteiger partial charge in [-0.3, -0.25) is 4.79 Å². The van der Waals surface area contributed by atoms with Crippen LogP contribution in [0.5, 0.6) is 0 Å². The Balaban J connectivity index is 3.17. The summed E-state index contributed by atoms with van der Waals surface area (Å²) in [5.74, 6) is 0.506. The van der Waals surface area contributed by atoms with Gasteiger partial charge in [-0.1, -0.05) is 26.7 Å². The second-order valence-electron chi connectivity index (χ2n) is 3.58. The molecule has 3 nitrogen and oxygen atoms in total. The van der Waals surface area contributed by atoms with Gasteiger partial charge in [-0.05, 0) is 12.3 Å². The monoisotopic (exact) mass is 188 g/mol. The summed E-state index contributed by atoms with van der Waals surface area (Å²) >= 11 is 0. The lowest BCUT2D eigenvalue weighted by Gasteiger charge is -2.04. The molecule has 0 rings (SSSR count). The van der Waals surface area contributed by atoms with Gasteiger partial charge in [0.05, 0.1) is 6.61 Å². The normalized spacial score (nSPS) is 10.5. The van der Waals surface area contributed by atoms with Crippen LogP contribution in [0.1, 0.15) is 39.5 Å². The van der Waals surface area contributed by atoms with Gasteiger partial charge in [-0.2, -0.15) is 0 Å². The Bertz CT molecular complexity index is 132. The summed E-state index contributed by atoms with van der Waals surface area (Å²) in [5.41, 5.74) is 0. The number of carbonyl (C=O) groups excluding carboxylic acids is 1. The lowest BCUT2D eigenvalue weighted by molar-refractivity contribution is -0.144. The Kier molecular flexibility index (Phi) is 7.69. The number of esters is 1. The summed E-state index contributed by atoms with van der Waals surface area (Å²) in [6.07, 6.45) is 3.61. The van der Waals surface area contributed by atoms with Crippen molar-refractivity contribution in [2.24, 2.45) is 5.92 Å². The molecule has 3 heteroatoms. The number of rotatable bonds is 7. The van der Waals surface area contributed by atoms with Crippen LogP contribution in [0.3, 0.4) is 0 Å². The highest BCUT2D eigenvalue weighted by Gasteiger charge is 2.02. The number of ether oxygens (including phenoxy) is 1. The molecule has 0 aromatic carbocycles. The molecule has 0 aromatic heterocycles. The van der Waals surface area contributed by atoms with Crippen LogP contribution in [0.15, 0.2) is 0 Å². The summed E-state index contributed by atoms with van der Waals surface area (Å²) in [7, 11) is 0. The molecule has 0 atom stereocenters. The average Bonchev–Trinajstić information content (AvgIpc) is 2.08. The van der Waals surface area contributed by atoms with Crippen molar-refractivity contribution in [3.63, 3.8) is 0 Å². The van der Waals surface area contributed by atoms with Crippen molar-refractivity contribution >= 4 is 5.97 Å². The van der Waals surface area contributed by atoms with Crippen molar-refractivity contribution in [3.05, 3.63) is 0 Å². The van der Waals surface area contributed by atoms with Crippen molar-refractivity contribution < 1.29 is 14.6 Å². The Labute approximate surface area is 80.1 Å². The first-order valence-electron chi connectivity index (χ1n) is 4.93. The number of aliphatic hydroxyl groups excluding tert-OH is 1. The van der Waals surface area contributed by atoms with E-state index in [9.17, 15) is 4.79 Å². The maximum atomic E-state index is 10.9. The number of aliphatic hydroxyl groups is 1. The van der Waals surface area contributed by atoms with E-state index in [2.05, 4.69) is 13.8 Å².